The molecular formula is C34H40N2O12. The molecule has 48 heavy (non-hydrogen) atoms. The number of nitro benzene ring substituents is 1. The van der Waals surface area contributed by atoms with Gasteiger partial charge in [0.05, 0.1) is 11.3 Å². The molecule has 14 heteroatoms. The molecule has 0 spiro atoms. The highest BCUT2D eigenvalue weighted by Crippen LogP contribution is 2.66. The first-order valence-electron chi connectivity index (χ1n) is 16.1. The van der Waals surface area contributed by atoms with E-state index < -0.39 is 76.6 Å². The second kappa shape index (κ2) is 13.0. The summed E-state index contributed by atoms with van der Waals surface area (Å²) in [6.45, 7) is 3.02. The van der Waals surface area contributed by atoms with E-state index in [1.54, 1.807) is 13.0 Å². The van der Waals surface area contributed by atoms with Crippen LogP contribution in [0.3, 0.4) is 0 Å². The minimum atomic E-state index is -1.91. The number of non-ortho nitro benzene ring substituents is 1. The quantitative estimate of drug-likeness (QED) is 0.152. The number of ether oxygens (including phenoxy) is 1. The lowest BCUT2D eigenvalue weighted by atomic mass is 9.46. The van der Waals surface area contributed by atoms with Crippen LogP contribution in [0.25, 0.3) is 0 Å². The molecule has 0 aromatic heterocycles. The Morgan fingerprint density at radius 3 is 2.52 bits per heavy atom. The predicted molar refractivity (Wildman–Crippen MR) is 165 cm³/mol. The van der Waals surface area contributed by atoms with Gasteiger partial charge in [-0.1, -0.05) is 31.6 Å². The van der Waals surface area contributed by atoms with E-state index in [-0.39, 0.29) is 53.4 Å². The van der Waals surface area contributed by atoms with Crippen molar-refractivity contribution in [3.63, 3.8) is 0 Å². The zero-order valence-electron chi connectivity index (χ0n) is 26.8. The van der Waals surface area contributed by atoms with E-state index in [9.17, 15) is 54.2 Å². The van der Waals surface area contributed by atoms with Gasteiger partial charge in [0.1, 0.15) is 17.5 Å². The van der Waals surface area contributed by atoms with Crippen LogP contribution in [0.15, 0.2) is 35.9 Å². The van der Waals surface area contributed by atoms with E-state index in [2.05, 4.69) is 12.2 Å². The van der Waals surface area contributed by atoms with Crippen LogP contribution < -0.4 is 5.32 Å². The fourth-order valence-corrected chi connectivity index (χ4v) is 8.93. The number of esters is 1. The molecule has 3 fully saturated rings. The molecule has 8 atom stereocenters. The number of ketones is 3. The van der Waals surface area contributed by atoms with Crippen LogP contribution in [0, 0.1) is 38.7 Å². The summed E-state index contributed by atoms with van der Waals surface area (Å²) in [4.78, 5) is 86.4. The normalized spacial score (nSPS) is 32.1. The van der Waals surface area contributed by atoms with E-state index in [0.29, 0.717) is 32.1 Å². The third-order valence-corrected chi connectivity index (χ3v) is 11.5. The molecule has 1 amide bonds. The van der Waals surface area contributed by atoms with Crippen molar-refractivity contribution in [1.82, 2.24) is 5.32 Å². The van der Waals surface area contributed by atoms with E-state index in [4.69, 9.17) is 4.74 Å². The SMILES string of the molecule is C[C@]12CCC(=O)C=C1CC[C@H]1[C@H]2C(=O)C[C@@]2(C)[C@H]1CC[C@]2(O)C(=O)COC(=O)CCC(=O)N[C@@H](C(=O)O)[C@@H](O)c1cccc([N+](=O)[O-])c1. The average Bonchev–Trinajstić information content (AvgIpc) is 3.31. The summed E-state index contributed by atoms with van der Waals surface area (Å²) in [5.74, 6) is -4.68. The molecule has 258 valence electrons. The number of carboxylic acid groups (broad SMARTS) is 1. The minimum Gasteiger partial charge on any atom is -0.480 e. The van der Waals surface area contributed by atoms with Crippen molar-refractivity contribution >= 4 is 40.9 Å². The Bertz CT molecular complexity index is 1600. The van der Waals surface area contributed by atoms with Crippen LogP contribution in [0.1, 0.15) is 83.3 Å². The summed E-state index contributed by atoms with van der Waals surface area (Å²) in [5, 5.41) is 45.0. The largest absolute Gasteiger partial charge is 0.480 e. The summed E-state index contributed by atoms with van der Waals surface area (Å²) in [7, 11) is 0. The van der Waals surface area contributed by atoms with Crippen LogP contribution >= 0.6 is 0 Å². The Labute approximate surface area is 276 Å². The zero-order valence-corrected chi connectivity index (χ0v) is 26.8. The van der Waals surface area contributed by atoms with Gasteiger partial charge in [0.25, 0.3) is 5.69 Å². The smallest absolute Gasteiger partial charge is 0.329 e. The summed E-state index contributed by atoms with van der Waals surface area (Å²) < 4.78 is 5.11. The number of nitrogens with one attached hydrogen (secondary N) is 1. The Morgan fingerprint density at radius 2 is 1.83 bits per heavy atom. The number of aliphatic hydroxyl groups excluding tert-OH is 1. The summed E-state index contributed by atoms with van der Waals surface area (Å²) >= 11 is 0. The Balaban J connectivity index is 1.17. The van der Waals surface area contributed by atoms with Crippen LogP contribution in [-0.2, 0) is 33.5 Å². The first-order chi connectivity index (χ1) is 22.5. The highest BCUT2D eigenvalue weighted by molar-refractivity contribution is 5.95. The van der Waals surface area contributed by atoms with Gasteiger partial charge in [0.2, 0.25) is 11.7 Å². The number of fused-ring (bicyclic) bond motifs is 5. The molecule has 14 nitrogen and oxygen atoms in total. The third-order valence-electron chi connectivity index (χ3n) is 11.5. The van der Waals surface area contributed by atoms with Gasteiger partial charge in [-0.15, -0.1) is 0 Å². The summed E-state index contributed by atoms with van der Waals surface area (Å²) in [6.07, 6.45) is 1.71. The topological polar surface area (TPSA) is 228 Å². The van der Waals surface area contributed by atoms with Crippen molar-refractivity contribution in [1.29, 1.82) is 0 Å². The number of hydrogen-bond donors (Lipinski definition) is 4. The van der Waals surface area contributed by atoms with E-state index in [1.807, 2.05) is 0 Å². The summed E-state index contributed by atoms with van der Waals surface area (Å²) in [6, 6.07) is 2.77. The predicted octanol–water partition coefficient (Wildman–Crippen LogP) is 2.53. The number of benzene rings is 1. The lowest BCUT2D eigenvalue weighted by molar-refractivity contribution is -0.385. The van der Waals surface area contributed by atoms with Gasteiger partial charge >= 0.3 is 11.9 Å². The van der Waals surface area contributed by atoms with E-state index in [1.165, 1.54) is 12.1 Å². The highest BCUT2D eigenvalue weighted by atomic mass is 16.6. The molecule has 0 saturated heterocycles. The average molecular weight is 669 g/mol. The molecule has 0 radical (unpaired) electrons. The number of carbonyl (C=O) groups is 6. The van der Waals surface area contributed by atoms with Crippen LogP contribution in [0.5, 0.6) is 0 Å². The number of carbonyl (C=O) groups excluding carboxylic acids is 5. The standard InChI is InChI=1S/C34H40N2O12/c1-32-12-10-21(37)15-19(32)6-7-22-23-11-13-34(45,33(23,2)16-24(38)28(22)32)25(39)17-48-27(41)9-8-26(40)35-29(31(43)44)30(42)18-4-3-5-20(14-18)36(46)47/h3-5,14-15,22-23,28-30,42,45H,6-13,16-17H2,1-2H3,(H,35,40)(H,43,44)/t22-,23+,28+,29-,30+,32+,33+,34+/m1/s1. The van der Waals surface area contributed by atoms with Gasteiger partial charge in [-0.3, -0.25) is 34.1 Å². The summed E-state index contributed by atoms with van der Waals surface area (Å²) in [5.41, 5.74) is -2.89. The zero-order chi connectivity index (χ0) is 35.2. The number of amides is 1. The van der Waals surface area contributed by atoms with Gasteiger partial charge < -0.3 is 25.4 Å². The molecular weight excluding hydrogens is 628 g/mol. The first kappa shape index (κ1) is 35.0. The number of allylic oxidation sites excluding steroid dienone is 1. The number of rotatable bonds is 11. The fourth-order valence-electron chi connectivity index (χ4n) is 8.93. The second-order valence-corrected chi connectivity index (χ2v) is 14.1. The Kier molecular flexibility index (Phi) is 9.45. The van der Waals surface area contributed by atoms with Gasteiger partial charge in [-0.2, -0.15) is 0 Å². The molecule has 4 aliphatic rings. The Morgan fingerprint density at radius 1 is 1.10 bits per heavy atom. The number of nitrogens with zero attached hydrogens (tertiary/aromatic N) is 1. The molecule has 0 heterocycles. The van der Waals surface area contributed by atoms with Crippen molar-refractivity contribution in [2.24, 2.45) is 28.6 Å². The molecule has 0 aliphatic heterocycles. The highest BCUT2D eigenvalue weighted by Gasteiger charge is 2.68. The second-order valence-electron chi connectivity index (χ2n) is 14.1. The molecule has 0 unspecified atom stereocenters. The monoisotopic (exact) mass is 668 g/mol. The number of nitro groups is 1. The molecule has 3 saturated carbocycles. The molecule has 4 N–H and O–H groups in total. The maximum absolute atomic E-state index is 13.8. The van der Waals surface area contributed by atoms with Gasteiger partial charge in [0.15, 0.2) is 18.4 Å². The number of hydrogen-bond acceptors (Lipinski definition) is 11. The lowest BCUT2D eigenvalue weighted by Crippen LogP contribution is -2.61. The van der Waals surface area contributed by atoms with E-state index >= 15 is 0 Å². The molecule has 1 aromatic rings. The van der Waals surface area contributed by atoms with Crippen molar-refractivity contribution in [2.75, 3.05) is 6.61 Å². The molecule has 4 aliphatic carbocycles. The van der Waals surface area contributed by atoms with Crippen LogP contribution in [0.2, 0.25) is 0 Å². The number of Topliss-reactive ketones (excluding diaryl/α,β-unsaturated/α-hetero) is 2. The molecule has 0 bridgehead atoms. The van der Waals surface area contributed by atoms with E-state index in [0.717, 1.165) is 17.7 Å². The van der Waals surface area contributed by atoms with Gasteiger partial charge in [-0.25, -0.2) is 4.79 Å². The maximum Gasteiger partial charge on any atom is 0.329 e. The van der Waals surface area contributed by atoms with Crippen LogP contribution in [0.4, 0.5) is 5.69 Å². The van der Waals surface area contributed by atoms with Gasteiger partial charge in [-0.05, 0) is 61.0 Å². The number of aliphatic carboxylic acids is 1. The third kappa shape index (κ3) is 6.07. The molecule has 5 rings (SSSR count). The Hall–Kier alpha value is -4.30. The fraction of sp³-hybridized carbons (Fsp3) is 0.588. The van der Waals surface area contributed by atoms with Gasteiger partial charge in [0, 0.05) is 42.7 Å². The lowest BCUT2D eigenvalue weighted by Gasteiger charge is -2.57. The number of aliphatic hydroxyl groups is 2. The van der Waals surface area contributed by atoms with Crippen molar-refractivity contribution in [3.05, 3.63) is 51.6 Å². The van der Waals surface area contributed by atoms with Crippen LogP contribution in [-0.4, -0.2) is 73.7 Å². The van der Waals surface area contributed by atoms with Crippen molar-refractivity contribution in [3.8, 4) is 0 Å². The first-order valence-corrected chi connectivity index (χ1v) is 16.1. The van der Waals surface area contributed by atoms with Crippen molar-refractivity contribution in [2.45, 2.75) is 89.4 Å². The maximum atomic E-state index is 13.8. The van der Waals surface area contributed by atoms with Crippen molar-refractivity contribution < 1.29 is 53.7 Å². The number of carboxylic acids is 1. The minimum absolute atomic E-state index is 0.0149. The molecule has 1 aromatic carbocycles.